The fourth-order valence-corrected chi connectivity index (χ4v) is 3.06. The van der Waals surface area contributed by atoms with E-state index in [2.05, 4.69) is 20.6 Å². The van der Waals surface area contributed by atoms with Crippen molar-refractivity contribution in [3.05, 3.63) is 54.5 Å². The van der Waals surface area contributed by atoms with Crippen molar-refractivity contribution in [3.63, 3.8) is 0 Å². The molecular weight excluding hydrogens is 383 g/mol. The molecule has 0 aliphatic rings. The third-order valence-electron chi connectivity index (χ3n) is 4.77. The predicted molar refractivity (Wildman–Crippen MR) is 117 cm³/mol. The van der Waals surface area contributed by atoms with Crippen LogP contribution < -0.4 is 10.6 Å². The van der Waals surface area contributed by atoms with Gasteiger partial charge in [-0.05, 0) is 63.1 Å². The third-order valence-corrected chi connectivity index (χ3v) is 4.77. The zero-order chi connectivity index (χ0) is 21.9. The number of hydrogen-bond acceptors (Lipinski definition) is 5. The Morgan fingerprint density at radius 3 is 2.50 bits per heavy atom. The lowest BCUT2D eigenvalue weighted by atomic mass is 10.0. The van der Waals surface area contributed by atoms with Crippen LogP contribution in [0.1, 0.15) is 38.1 Å². The second-order valence-corrected chi connectivity index (χ2v) is 8.14. The molecule has 0 spiro atoms. The highest BCUT2D eigenvalue weighted by molar-refractivity contribution is 6.07. The Labute approximate surface area is 175 Å². The average Bonchev–Trinajstić information content (AvgIpc) is 2.71. The molecule has 0 fully saturated rings. The molecule has 0 bridgehead atoms. The Bertz CT molecular complexity index is 1030. The normalized spacial score (nSPS) is 12.8. The Kier molecular flexibility index (Phi) is 6.31. The number of nitrogens with zero attached hydrogens (tertiary/aromatic N) is 2. The highest BCUT2D eigenvalue weighted by atomic mass is 19.1. The number of pyridine rings is 2. The Balaban J connectivity index is 2.02. The minimum Gasteiger partial charge on any atom is -0.387 e. The molecule has 3 rings (SSSR count). The van der Waals surface area contributed by atoms with E-state index in [0.29, 0.717) is 11.3 Å². The standard InChI is InChI=1S/C23H27FN4O2/c1-14(2)28-21-17-11-16(15-7-9-25-10-8-15)5-6-19(17)26-12-18(21)22(29)27-13-20(24)23(3,4)30/h5-12,14,20,30H,13H2,1-4H3,(H,26,28)(H,27,29). The van der Waals surface area contributed by atoms with Crippen molar-refractivity contribution in [2.45, 2.75) is 45.5 Å². The summed E-state index contributed by atoms with van der Waals surface area (Å²) in [6.45, 7) is 6.40. The van der Waals surface area contributed by atoms with Crippen molar-refractivity contribution in [3.8, 4) is 11.1 Å². The second kappa shape index (κ2) is 8.75. The molecule has 0 saturated carbocycles. The van der Waals surface area contributed by atoms with E-state index in [-0.39, 0.29) is 12.6 Å². The number of amides is 1. The lowest BCUT2D eigenvalue weighted by Crippen LogP contribution is -2.42. The number of rotatable bonds is 7. The van der Waals surface area contributed by atoms with Gasteiger partial charge in [0.05, 0.1) is 28.9 Å². The van der Waals surface area contributed by atoms with E-state index in [0.717, 1.165) is 22.0 Å². The zero-order valence-corrected chi connectivity index (χ0v) is 17.6. The van der Waals surface area contributed by atoms with Crippen molar-refractivity contribution >= 4 is 22.5 Å². The molecule has 30 heavy (non-hydrogen) atoms. The summed E-state index contributed by atoms with van der Waals surface area (Å²) in [6, 6.07) is 9.76. The Morgan fingerprint density at radius 2 is 1.87 bits per heavy atom. The van der Waals surface area contributed by atoms with E-state index >= 15 is 0 Å². The molecule has 3 N–H and O–H groups in total. The van der Waals surface area contributed by atoms with Crippen molar-refractivity contribution in [1.29, 1.82) is 0 Å². The topological polar surface area (TPSA) is 87.1 Å². The monoisotopic (exact) mass is 410 g/mol. The molecule has 0 radical (unpaired) electrons. The van der Waals surface area contributed by atoms with Gasteiger partial charge in [-0.15, -0.1) is 0 Å². The summed E-state index contributed by atoms with van der Waals surface area (Å²) in [6.07, 6.45) is 3.36. The number of aliphatic hydroxyl groups is 1. The molecule has 0 aliphatic carbocycles. The first kappa shape index (κ1) is 21.6. The van der Waals surface area contributed by atoms with Gasteiger partial charge in [0.25, 0.3) is 5.91 Å². The quantitative estimate of drug-likeness (QED) is 0.549. The van der Waals surface area contributed by atoms with Gasteiger partial charge in [0, 0.05) is 30.0 Å². The first-order chi connectivity index (χ1) is 14.2. The van der Waals surface area contributed by atoms with Crippen molar-refractivity contribution in [2.24, 2.45) is 0 Å². The lowest BCUT2D eigenvalue weighted by Gasteiger charge is -2.23. The molecule has 1 atom stereocenters. The van der Waals surface area contributed by atoms with Crippen LogP contribution in [-0.2, 0) is 0 Å². The van der Waals surface area contributed by atoms with Crippen LogP contribution in [0.3, 0.4) is 0 Å². The highest BCUT2D eigenvalue weighted by Crippen LogP contribution is 2.31. The summed E-state index contributed by atoms with van der Waals surface area (Å²) < 4.78 is 14.1. The maximum absolute atomic E-state index is 14.1. The Hall–Kier alpha value is -3.06. The van der Waals surface area contributed by atoms with Crippen LogP contribution in [0.2, 0.25) is 0 Å². The predicted octanol–water partition coefficient (Wildman–Crippen LogP) is 3.96. The van der Waals surface area contributed by atoms with E-state index < -0.39 is 17.7 Å². The number of alkyl halides is 1. The van der Waals surface area contributed by atoms with Crippen molar-refractivity contribution < 1.29 is 14.3 Å². The lowest BCUT2D eigenvalue weighted by molar-refractivity contribution is -0.00177. The van der Waals surface area contributed by atoms with Gasteiger partial charge in [-0.25, -0.2) is 4.39 Å². The minimum atomic E-state index is -1.59. The van der Waals surface area contributed by atoms with E-state index in [1.165, 1.54) is 20.0 Å². The molecule has 1 aromatic carbocycles. The molecule has 1 amide bonds. The molecule has 3 aromatic rings. The SMILES string of the molecule is CC(C)Nc1c(C(=O)NCC(F)C(C)(C)O)cnc2ccc(-c3ccncc3)cc12. The number of carbonyl (C=O) groups is 1. The molecular formula is C23H27FN4O2. The van der Waals surface area contributed by atoms with Gasteiger partial charge in [0.1, 0.15) is 6.17 Å². The maximum Gasteiger partial charge on any atom is 0.255 e. The summed E-state index contributed by atoms with van der Waals surface area (Å²) in [5.41, 5.74) is 2.15. The number of nitrogens with one attached hydrogen (secondary N) is 2. The van der Waals surface area contributed by atoms with Gasteiger partial charge in [0.2, 0.25) is 0 Å². The van der Waals surface area contributed by atoms with Gasteiger partial charge >= 0.3 is 0 Å². The minimum absolute atomic E-state index is 0.0667. The van der Waals surface area contributed by atoms with Crippen LogP contribution >= 0.6 is 0 Å². The fourth-order valence-electron chi connectivity index (χ4n) is 3.06. The molecule has 2 heterocycles. The van der Waals surface area contributed by atoms with E-state index in [4.69, 9.17) is 0 Å². The van der Waals surface area contributed by atoms with Crippen molar-refractivity contribution in [2.75, 3.05) is 11.9 Å². The molecule has 1 unspecified atom stereocenters. The van der Waals surface area contributed by atoms with E-state index in [1.807, 2.05) is 44.2 Å². The van der Waals surface area contributed by atoms with Crippen LogP contribution in [0.25, 0.3) is 22.0 Å². The van der Waals surface area contributed by atoms with Gasteiger partial charge in [-0.2, -0.15) is 0 Å². The summed E-state index contributed by atoms with van der Waals surface area (Å²) in [5, 5.41) is 16.5. The van der Waals surface area contributed by atoms with Gasteiger partial charge in [-0.3, -0.25) is 14.8 Å². The van der Waals surface area contributed by atoms with Crippen LogP contribution in [-0.4, -0.2) is 45.3 Å². The maximum atomic E-state index is 14.1. The van der Waals surface area contributed by atoms with Crippen LogP contribution in [0.5, 0.6) is 0 Å². The second-order valence-electron chi connectivity index (χ2n) is 8.14. The molecule has 7 heteroatoms. The van der Waals surface area contributed by atoms with Crippen LogP contribution in [0.4, 0.5) is 10.1 Å². The van der Waals surface area contributed by atoms with Gasteiger partial charge in [0.15, 0.2) is 0 Å². The largest absolute Gasteiger partial charge is 0.387 e. The number of benzene rings is 1. The number of carbonyl (C=O) groups excluding carboxylic acids is 1. The number of hydrogen-bond donors (Lipinski definition) is 3. The third kappa shape index (κ3) is 4.91. The summed E-state index contributed by atoms with van der Waals surface area (Å²) in [7, 11) is 0. The number of aromatic nitrogens is 2. The number of halogens is 1. The first-order valence-electron chi connectivity index (χ1n) is 9.91. The Morgan fingerprint density at radius 1 is 1.17 bits per heavy atom. The van der Waals surface area contributed by atoms with E-state index in [1.54, 1.807) is 12.4 Å². The van der Waals surface area contributed by atoms with Crippen LogP contribution in [0.15, 0.2) is 48.9 Å². The molecule has 0 saturated heterocycles. The number of anilines is 1. The molecule has 0 aliphatic heterocycles. The summed E-state index contributed by atoms with van der Waals surface area (Å²) >= 11 is 0. The van der Waals surface area contributed by atoms with Gasteiger partial charge in [-0.1, -0.05) is 6.07 Å². The summed E-state index contributed by atoms with van der Waals surface area (Å²) in [5.74, 6) is -0.450. The first-order valence-corrected chi connectivity index (χ1v) is 9.91. The highest BCUT2D eigenvalue weighted by Gasteiger charge is 2.27. The zero-order valence-electron chi connectivity index (χ0n) is 17.6. The van der Waals surface area contributed by atoms with E-state index in [9.17, 15) is 14.3 Å². The van der Waals surface area contributed by atoms with Gasteiger partial charge < -0.3 is 15.7 Å². The smallest absolute Gasteiger partial charge is 0.255 e. The van der Waals surface area contributed by atoms with Crippen LogP contribution in [0, 0.1) is 0 Å². The molecule has 158 valence electrons. The molecule has 2 aromatic heterocycles. The molecule has 6 nitrogen and oxygen atoms in total. The summed E-state index contributed by atoms with van der Waals surface area (Å²) in [4.78, 5) is 21.3. The van der Waals surface area contributed by atoms with Crippen molar-refractivity contribution in [1.82, 2.24) is 15.3 Å². The average molecular weight is 410 g/mol. The fraction of sp³-hybridized carbons (Fsp3) is 0.348. The number of fused-ring (bicyclic) bond motifs is 1.